The predicted octanol–water partition coefficient (Wildman–Crippen LogP) is 3.41. The smallest absolute Gasteiger partial charge is 0.236 e. The summed E-state index contributed by atoms with van der Waals surface area (Å²) in [5.41, 5.74) is 1.11. The topological polar surface area (TPSA) is 92.3 Å². The van der Waals surface area contributed by atoms with E-state index < -0.39 is 10.0 Å². The molecule has 2 aromatic heterocycles. The van der Waals surface area contributed by atoms with Crippen LogP contribution in [-0.4, -0.2) is 43.1 Å². The van der Waals surface area contributed by atoms with E-state index in [0.717, 1.165) is 16.0 Å². The lowest BCUT2D eigenvalue weighted by Gasteiger charge is -2.32. The Morgan fingerprint density at radius 3 is 2.52 bits per heavy atom. The Hall–Kier alpha value is -1.74. The van der Waals surface area contributed by atoms with Crippen LogP contribution < -0.4 is 9.62 Å². The van der Waals surface area contributed by atoms with Crippen LogP contribution in [0.3, 0.4) is 0 Å². The number of rotatable bonds is 5. The third-order valence-electron chi connectivity index (χ3n) is 5.49. The Morgan fingerprint density at radius 2 is 1.90 bits per heavy atom. The number of hydrogen-bond donors (Lipinski definition) is 1. The van der Waals surface area contributed by atoms with E-state index in [-0.39, 0.29) is 23.0 Å². The molecule has 0 saturated carbocycles. The van der Waals surface area contributed by atoms with Crippen LogP contribution in [-0.2, 0) is 14.8 Å². The lowest BCUT2D eigenvalue weighted by atomic mass is 9.94. The van der Waals surface area contributed by atoms with Crippen molar-refractivity contribution < 1.29 is 13.2 Å². The van der Waals surface area contributed by atoms with Crippen molar-refractivity contribution in [2.24, 2.45) is 11.3 Å². The fourth-order valence-corrected chi connectivity index (χ4v) is 5.93. The monoisotopic (exact) mass is 438 g/mol. The van der Waals surface area contributed by atoms with Crippen molar-refractivity contribution in [2.45, 2.75) is 53.9 Å². The molecule has 0 bridgehead atoms. The van der Waals surface area contributed by atoms with Gasteiger partial charge in [-0.15, -0.1) is 11.3 Å². The van der Waals surface area contributed by atoms with Gasteiger partial charge in [0, 0.05) is 23.9 Å². The van der Waals surface area contributed by atoms with E-state index in [0.29, 0.717) is 32.4 Å². The summed E-state index contributed by atoms with van der Waals surface area (Å²) in [6, 6.07) is 0. The molecule has 29 heavy (non-hydrogen) atoms. The number of hydrogen-bond acceptors (Lipinski definition) is 7. The van der Waals surface area contributed by atoms with Crippen molar-refractivity contribution in [2.75, 3.05) is 23.7 Å². The van der Waals surface area contributed by atoms with E-state index in [2.05, 4.69) is 33.4 Å². The van der Waals surface area contributed by atoms with Gasteiger partial charge in [-0.2, -0.15) is 0 Å². The summed E-state index contributed by atoms with van der Waals surface area (Å²) in [6.45, 7) is 11.5. The number of piperidine rings is 1. The molecule has 160 valence electrons. The van der Waals surface area contributed by atoms with Crippen molar-refractivity contribution in [1.29, 1.82) is 0 Å². The van der Waals surface area contributed by atoms with Gasteiger partial charge < -0.3 is 4.90 Å². The number of sulfonamides is 1. The molecule has 1 aliphatic heterocycles. The molecule has 1 aliphatic rings. The summed E-state index contributed by atoms with van der Waals surface area (Å²) in [5.74, 6) is 0.206. The largest absolute Gasteiger partial charge is 0.356 e. The van der Waals surface area contributed by atoms with Crippen LogP contribution in [0, 0.1) is 25.2 Å². The lowest BCUT2D eigenvalue weighted by molar-refractivity contribution is -0.123. The van der Waals surface area contributed by atoms with Gasteiger partial charge in [-0.3, -0.25) is 9.52 Å². The average molecular weight is 439 g/mol. The maximum absolute atomic E-state index is 12.5. The van der Waals surface area contributed by atoms with E-state index in [9.17, 15) is 13.2 Å². The summed E-state index contributed by atoms with van der Waals surface area (Å²) >= 11 is 1.67. The van der Waals surface area contributed by atoms with E-state index in [1.54, 1.807) is 17.7 Å². The number of carbonyl (C=O) groups is 1. The highest BCUT2D eigenvalue weighted by atomic mass is 32.2. The Balaban J connectivity index is 1.63. The van der Waals surface area contributed by atoms with E-state index >= 15 is 0 Å². The second kappa shape index (κ2) is 8.18. The standard InChI is InChI=1S/C20H30N4O3S2/c1-13-14(2)28-19-16(13)17(21-12-22-19)24-9-6-15(7-10-24)18(25)23-29(26,27)11-8-20(3,4)5/h12,15H,6-11H2,1-5H3,(H,23,25). The third kappa shape index (κ3) is 5.25. The Bertz CT molecular complexity index is 1000. The first-order valence-electron chi connectivity index (χ1n) is 9.97. The number of nitrogens with zero attached hydrogens (tertiary/aromatic N) is 3. The summed E-state index contributed by atoms with van der Waals surface area (Å²) in [6.07, 6.45) is 3.31. The minimum absolute atomic E-state index is 0.0310. The molecule has 1 amide bonds. The van der Waals surface area contributed by atoms with Gasteiger partial charge in [0.1, 0.15) is 17.0 Å². The van der Waals surface area contributed by atoms with Crippen LogP contribution in [0.15, 0.2) is 6.33 Å². The maximum atomic E-state index is 12.5. The molecule has 0 atom stereocenters. The van der Waals surface area contributed by atoms with Crippen molar-refractivity contribution in [3.63, 3.8) is 0 Å². The van der Waals surface area contributed by atoms with Gasteiger partial charge in [-0.1, -0.05) is 20.8 Å². The lowest BCUT2D eigenvalue weighted by Crippen LogP contribution is -2.43. The van der Waals surface area contributed by atoms with E-state index in [4.69, 9.17) is 0 Å². The van der Waals surface area contributed by atoms with Crippen molar-refractivity contribution in [3.8, 4) is 0 Å². The highest BCUT2D eigenvalue weighted by Gasteiger charge is 2.29. The fraction of sp³-hybridized carbons (Fsp3) is 0.650. The van der Waals surface area contributed by atoms with Crippen molar-refractivity contribution in [1.82, 2.24) is 14.7 Å². The molecule has 1 saturated heterocycles. The zero-order chi connectivity index (χ0) is 21.4. The van der Waals surface area contributed by atoms with Crippen LogP contribution in [0.25, 0.3) is 10.2 Å². The highest BCUT2D eigenvalue weighted by Crippen LogP contribution is 2.35. The number of aromatic nitrogens is 2. The van der Waals surface area contributed by atoms with Crippen LogP contribution >= 0.6 is 11.3 Å². The van der Waals surface area contributed by atoms with E-state index in [1.165, 1.54) is 10.4 Å². The highest BCUT2D eigenvalue weighted by molar-refractivity contribution is 7.90. The first kappa shape index (κ1) is 22.0. The van der Waals surface area contributed by atoms with Gasteiger partial charge in [0.2, 0.25) is 15.9 Å². The van der Waals surface area contributed by atoms with Crippen LogP contribution in [0.2, 0.25) is 0 Å². The quantitative estimate of drug-likeness (QED) is 0.769. The van der Waals surface area contributed by atoms with Crippen LogP contribution in [0.1, 0.15) is 50.5 Å². The molecule has 0 unspecified atom stereocenters. The maximum Gasteiger partial charge on any atom is 0.236 e. The van der Waals surface area contributed by atoms with Gasteiger partial charge in [-0.05, 0) is 44.1 Å². The molecule has 9 heteroatoms. The molecule has 3 heterocycles. The summed E-state index contributed by atoms with van der Waals surface area (Å²) < 4.78 is 26.8. The zero-order valence-electron chi connectivity index (χ0n) is 17.8. The molecule has 0 spiro atoms. The van der Waals surface area contributed by atoms with Gasteiger partial charge in [-0.25, -0.2) is 18.4 Å². The number of carbonyl (C=O) groups excluding carboxylic acids is 1. The normalized spacial score (nSPS) is 16.4. The van der Waals surface area contributed by atoms with Gasteiger partial charge >= 0.3 is 0 Å². The molecule has 7 nitrogen and oxygen atoms in total. The number of nitrogens with one attached hydrogen (secondary N) is 1. The minimum Gasteiger partial charge on any atom is -0.356 e. The number of fused-ring (bicyclic) bond motifs is 1. The van der Waals surface area contributed by atoms with Crippen LogP contribution in [0.4, 0.5) is 5.82 Å². The summed E-state index contributed by atoms with van der Waals surface area (Å²) in [4.78, 5) is 25.8. The molecule has 0 aliphatic carbocycles. The second-order valence-electron chi connectivity index (χ2n) is 9.02. The molecule has 0 aromatic carbocycles. The summed E-state index contributed by atoms with van der Waals surface area (Å²) in [7, 11) is -3.59. The zero-order valence-corrected chi connectivity index (χ0v) is 19.4. The third-order valence-corrected chi connectivity index (χ3v) is 7.86. The van der Waals surface area contributed by atoms with Gasteiger partial charge in [0.05, 0.1) is 11.1 Å². The first-order valence-corrected chi connectivity index (χ1v) is 12.4. The average Bonchev–Trinajstić information content (AvgIpc) is 2.94. The number of anilines is 1. The molecular weight excluding hydrogens is 408 g/mol. The van der Waals surface area contributed by atoms with E-state index in [1.807, 2.05) is 20.8 Å². The van der Waals surface area contributed by atoms with Crippen molar-refractivity contribution >= 4 is 43.3 Å². The second-order valence-corrected chi connectivity index (χ2v) is 12.1. The number of thiophene rings is 1. The van der Waals surface area contributed by atoms with Crippen molar-refractivity contribution in [3.05, 3.63) is 16.8 Å². The molecular formula is C20H30N4O3S2. The minimum atomic E-state index is -3.59. The molecule has 3 rings (SSSR count). The first-order chi connectivity index (χ1) is 13.5. The number of aryl methyl sites for hydroxylation is 2. The fourth-order valence-electron chi connectivity index (χ4n) is 3.49. The molecule has 1 fully saturated rings. The van der Waals surface area contributed by atoms with Gasteiger partial charge in [0.25, 0.3) is 0 Å². The Kier molecular flexibility index (Phi) is 6.19. The molecule has 0 radical (unpaired) electrons. The van der Waals surface area contributed by atoms with Gasteiger partial charge in [0.15, 0.2) is 0 Å². The SMILES string of the molecule is Cc1sc2ncnc(N3CCC(C(=O)NS(=O)(=O)CCC(C)(C)C)CC3)c2c1C. The molecule has 1 N–H and O–H groups in total. The Morgan fingerprint density at radius 1 is 1.24 bits per heavy atom. The number of amides is 1. The van der Waals surface area contributed by atoms with Crippen LogP contribution in [0.5, 0.6) is 0 Å². The molecule has 2 aromatic rings. The summed E-state index contributed by atoms with van der Waals surface area (Å²) in [5, 5.41) is 1.09. The Labute approximate surface area is 177 Å². The predicted molar refractivity (Wildman–Crippen MR) is 118 cm³/mol.